The lowest BCUT2D eigenvalue weighted by Gasteiger charge is -2.18. The van der Waals surface area contributed by atoms with Crippen LogP contribution in [0.1, 0.15) is 39.7 Å². The number of anilines is 1. The lowest BCUT2D eigenvalue weighted by atomic mass is 9.99. The third-order valence-electron chi connectivity index (χ3n) is 3.36. The highest BCUT2D eigenvalue weighted by Gasteiger charge is 2.19. The predicted molar refractivity (Wildman–Crippen MR) is 90.3 cm³/mol. The van der Waals surface area contributed by atoms with Gasteiger partial charge in [-0.25, -0.2) is 0 Å². The zero-order chi connectivity index (χ0) is 15.3. The summed E-state index contributed by atoms with van der Waals surface area (Å²) in [6.45, 7) is 9.94. The predicted octanol–water partition coefficient (Wildman–Crippen LogP) is 3.52. The maximum atomic E-state index is 12.0. The number of halogens is 1. The van der Waals surface area contributed by atoms with Crippen molar-refractivity contribution in [2.75, 3.05) is 5.32 Å². The fraction of sp³-hybridized carbons (Fsp3) is 0.562. The number of nitrogens with one attached hydrogen (secondary N) is 1. The van der Waals surface area contributed by atoms with Crippen molar-refractivity contribution in [2.45, 2.75) is 53.2 Å². The van der Waals surface area contributed by atoms with Crippen LogP contribution >= 0.6 is 12.4 Å². The summed E-state index contributed by atoms with van der Waals surface area (Å²) in [6.07, 6.45) is 1.02. The Kier molecular flexibility index (Phi) is 8.37. The topological polar surface area (TPSA) is 64.4 Å². The number of rotatable bonds is 6. The van der Waals surface area contributed by atoms with Crippen LogP contribution in [-0.2, 0) is 4.79 Å². The summed E-state index contributed by atoms with van der Waals surface area (Å²) >= 11 is 0. The van der Waals surface area contributed by atoms with E-state index in [0.717, 1.165) is 23.4 Å². The number of benzene rings is 1. The maximum absolute atomic E-state index is 12.0. The number of carbonyl (C=O) groups excluding carboxylic acids is 1. The van der Waals surface area contributed by atoms with E-state index in [9.17, 15) is 4.79 Å². The molecule has 1 aromatic carbocycles. The summed E-state index contributed by atoms with van der Waals surface area (Å²) < 4.78 is 5.67. The van der Waals surface area contributed by atoms with Crippen molar-refractivity contribution in [3.63, 3.8) is 0 Å². The van der Waals surface area contributed by atoms with E-state index in [0.29, 0.717) is 0 Å². The van der Waals surface area contributed by atoms with Crippen LogP contribution < -0.4 is 15.8 Å². The molecular formula is C16H27ClN2O2. The smallest absolute Gasteiger partial charge is 0.241 e. The number of hydrogen-bond acceptors (Lipinski definition) is 3. The highest BCUT2D eigenvalue weighted by Crippen LogP contribution is 2.23. The Bertz CT molecular complexity index is 464. The molecule has 1 rings (SSSR count). The van der Waals surface area contributed by atoms with Crippen LogP contribution in [0.3, 0.4) is 0 Å². The highest BCUT2D eigenvalue weighted by molar-refractivity contribution is 5.95. The van der Waals surface area contributed by atoms with Gasteiger partial charge >= 0.3 is 0 Å². The van der Waals surface area contributed by atoms with Gasteiger partial charge < -0.3 is 15.8 Å². The van der Waals surface area contributed by atoms with E-state index < -0.39 is 6.04 Å². The molecule has 2 unspecified atom stereocenters. The van der Waals surface area contributed by atoms with Gasteiger partial charge in [-0.3, -0.25) is 4.79 Å². The Morgan fingerprint density at radius 2 is 1.95 bits per heavy atom. The molecule has 0 saturated carbocycles. The molecule has 0 spiro atoms. The minimum atomic E-state index is -0.480. The Morgan fingerprint density at radius 1 is 1.33 bits per heavy atom. The monoisotopic (exact) mass is 314 g/mol. The summed E-state index contributed by atoms with van der Waals surface area (Å²) in [5.41, 5.74) is 7.66. The average molecular weight is 315 g/mol. The number of aryl methyl sites for hydroxylation is 1. The summed E-state index contributed by atoms with van der Waals surface area (Å²) in [5.74, 6) is 0.861. The Hall–Kier alpha value is -1.26. The lowest BCUT2D eigenvalue weighted by molar-refractivity contribution is -0.118. The molecule has 1 aromatic rings. The van der Waals surface area contributed by atoms with Crippen LogP contribution in [0, 0.1) is 12.8 Å². The second-order valence-corrected chi connectivity index (χ2v) is 5.55. The van der Waals surface area contributed by atoms with E-state index in [1.54, 1.807) is 0 Å². The fourth-order valence-electron chi connectivity index (χ4n) is 1.85. The van der Waals surface area contributed by atoms with Crippen molar-refractivity contribution in [3.05, 3.63) is 23.8 Å². The minimum Gasteiger partial charge on any atom is -0.491 e. The molecule has 0 saturated heterocycles. The number of ether oxygens (including phenoxy) is 1. The molecule has 0 bridgehead atoms. The van der Waals surface area contributed by atoms with Crippen LogP contribution in [0.5, 0.6) is 5.75 Å². The molecule has 120 valence electrons. The molecule has 0 heterocycles. The highest BCUT2D eigenvalue weighted by atomic mass is 35.5. The maximum Gasteiger partial charge on any atom is 0.241 e. The van der Waals surface area contributed by atoms with Gasteiger partial charge in [-0.15, -0.1) is 12.4 Å². The number of hydrogen-bond donors (Lipinski definition) is 2. The molecule has 0 aromatic heterocycles. The van der Waals surface area contributed by atoms with E-state index in [1.165, 1.54) is 0 Å². The minimum absolute atomic E-state index is 0. The molecular weight excluding hydrogens is 288 g/mol. The quantitative estimate of drug-likeness (QED) is 0.844. The largest absolute Gasteiger partial charge is 0.491 e. The first-order valence-electron chi connectivity index (χ1n) is 7.18. The molecule has 2 atom stereocenters. The fourth-order valence-corrected chi connectivity index (χ4v) is 1.85. The second-order valence-electron chi connectivity index (χ2n) is 5.55. The first-order chi connectivity index (χ1) is 9.35. The van der Waals surface area contributed by atoms with Gasteiger partial charge in [0.1, 0.15) is 5.75 Å². The van der Waals surface area contributed by atoms with Crippen molar-refractivity contribution >= 4 is 24.0 Å². The molecule has 5 heteroatoms. The van der Waals surface area contributed by atoms with Gasteiger partial charge in [0.05, 0.1) is 12.1 Å². The third kappa shape index (κ3) is 5.94. The van der Waals surface area contributed by atoms with Gasteiger partial charge in [0.25, 0.3) is 0 Å². The van der Waals surface area contributed by atoms with Gasteiger partial charge in [-0.1, -0.05) is 20.3 Å². The molecule has 0 fully saturated rings. The number of nitrogens with two attached hydrogens (primary N) is 1. The van der Waals surface area contributed by atoms with Crippen molar-refractivity contribution in [3.8, 4) is 5.75 Å². The lowest BCUT2D eigenvalue weighted by Crippen LogP contribution is -2.40. The van der Waals surface area contributed by atoms with E-state index in [4.69, 9.17) is 10.5 Å². The first kappa shape index (κ1) is 19.7. The normalized spacial score (nSPS) is 13.3. The number of amides is 1. The Labute approximate surface area is 133 Å². The van der Waals surface area contributed by atoms with E-state index in [2.05, 4.69) is 5.32 Å². The standard InChI is InChI=1S/C16H26N2O2.ClH/c1-6-11(4)15(17)16(19)18-13-7-8-14(12(5)9-13)20-10(2)3;/h7-11,15H,6,17H2,1-5H3,(H,18,19);1H. The molecule has 0 radical (unpaired) electrons. The van der Waals surface area contributed by atoms with Crippen molar-refractivity contribution < 1.29 is 9.53 Å². The summed E-state index contributed by atoms with van der Waals surface area (Å²) in [6, 6.07) is 5.14. The zero-order valence-electron chi connectivity index (χ0n) is 13.5. The molecule has 0 aliphatic rings. The second kappa shape index (κ2) is 8.90. The molecule has 1 amide bonds. The number of carbonyl (C=O) groups is 1. The average Bonchev–Trinajstić information content (AvgIpc) is 2.39. The van der Waals surface area contributed by atoms with E-state index in [-0.39, 0.29) is 30.3 Å². The molecule has 3 N–H and O–H groups in total. The summed E-state index contributed by atoms with van der Waals surface area (Å²) in [7, 11) is 0. The Morgan fingerprint density at radius 3 is 2.43 bits per heavy atom. The molecule has 0 aliphatic carbocycles. The Balaban J connectivity index is 0.00000400. The van der Waals surface area contributed by atoms with Crippen LogP contribution in [0.15, 0.2) is 18.2 Å². The van der Waals surface area contributed by atoms with Crippen molar-refractivity contribution in [1.29, 1.82) is 0 Å². The van der Waals surface area contributed by atoms with Crippen LogP contribution in [0.25, 0.3) is 0 Å². The SMILES string of the molecule is CCC(C)C(N)C(=O)Nc1ccc(OC(C)C)c(C)c1.Cl. The van der Waals surface area contributed by atoms with Crippen LogP contribution in [0.2, 0.25) is 0 Å². The van der Waals surface area contributed by atoms with Gasteiger partial charge in [0.15, 0.2) is 0 Å². The summed E-state index contributed by atoms with van der Waals surface area (Å²) in [4.78, 5) is 12.0. The van der Waals surface area contributed by atoms with Crippen molar-refractivity contribution in [1.82, 2.24) is 0 Å². The summed E-state index contributed by atoms with van der Waals surface area (Å²) in [5, 5.41) is 2.86. The molecule has 4 nitrogen and oxygen atoms in total. The van der Waals surface area contributed by atoms with Crippen LogP contribution in [0.4, 0.5) is 5.69 Å². The first-order valence-corrected chi connectivity index (χ1v) is 7.18. The van der Waals surface area contributed by atoms with Crippen LogP contribution in [-0.4, -0.2) is 18.1 Å². The van der Waals surface area contributed by atoms with Gasteiger partial charge in [-0.2, -0.15) is 0 Å². The van der Waals surface area contributed by atoms with Gasteiger partial charge in [0, 0.05) is 5.69 Å². The molecule has 0 aliphatic heterocycles. The van der Waals surface area contributed by atoms with E-state index in [1.807, 2.05) is 52.8 Å². The van der Waals surface area contributed by atoms with E-state index >= 15 is 0 Å². The van der Waals surface area contributed by atoms with Gasteiger partial charge in [-0.05, 0) is 50.5 Å². The zero-order valence-corrected chi connectivity index (χ0v) is 14.3. The van der Waals surface area contributed by atoms with Crippen molar-refractivity contribution in [2.24, 2.45) is 11.7 Å². The third-order valence-corrected chi connectivity index (χ3v) is 3.36. The molecule has 21 heavy (non-hydrogen) atoms. The van der Waals surface area contributed by atoms with Gasteiger partial charge in [0.2, 0.25) is 5.91 Å².